The highest BCUT2D eigenvalue weighted by Crippen LogP contribution is 2.44. The second kappa shape index (κ2) is 5.17. The van der Waals surface area contributed by atoms with Gasteiger partial charge in [0.2, 0.25) is 0 Å². The summed E-state index contributed by atoms with van der Waals surface area (Å²) in [7, 11) is 0. The molecule has 0 radical (unpaired) electrons. The smallest absolute Gasteiger partial charge is 0.302 e. The Bertz CT molecular complexity index is 399. The summed E-state index contributed by atoms with van der Waals surface area (Å²) in [6.07, 6.45) is 0. The summed E-state index contributed by atoms with van der Waals surface area (Å²) in [4.78, 5) is 21.8. The van der Waals surface area contributed by atoms with Crippen LogP contribution in [0.4, 0.5) is 0 Å². The zero-order valence-electron chi connectivity index (χ0n) is 11.9. The molecule has 5 heteroatoms. The molecular weight excluding hydrogens is 248 g/mol. The highest BCUT2D eigenvalue weighted by molar-refractivity contribution is 5.66. The van der Waals surface area contributed by atoms with Gasteiger partial charge in [-0.1, -0.05) is 13.2 Å². The van der Waals surface area contributed by atoms with E-state index < -0.39 is 23.1 Å². The van der Waals surface area contributed by atoms with E-state index >= 15 is 0 Å². The van der Waals surface area contributed by atoms with Crippen molar-refractivity contribution in [2.24, 2.45) is 0 Å². The maximum absolute atomic E-state index is 10.9. The molecule has 106 valence electrons. The fourth-order valence-corrected chi connectivity index (χ4v) is 1.97. The molecule has 5 nitrogen and oxygen atoms in total. The minimum absolute atomic E-state index is 0.0514. The largest absolute Gasteiger partial charge is 0.462 e. The van der Waals surface area contributed by atoms with Crippen LogP contribution in [0.25, 0.3) is 0 Å². The van der Waals surface area contributed by atoms with Gasteiger partial charge in [0, 0.05) is 13.8 Å². The van der Waals surface area contributed by atoms with Crippen LogP contribution >= 0.6 is 0 Å². The molecule has 0 amide bonds. The van der Waals surface area contributed by atoms with Crippen LogP contribution in [0.1, 0.15) is 27.7 Å². The van der Waals surface area contributed by atoms with Crippen molar-refractivity contribution in [2.45, 2.75) is 38.9 Å². The zero-order valence-corrected chi connectivity index (χ0v) is 11.9. The third kappa shape index (κ3) is 3.23. The first-order valence-corrected chi connectivity index (χ1v) is 5.97. The quantitative estimate of drug-likeness (QED) is 0.727. The van der Waals surface area contributed by atoms with E-state index in [9.17, 15) is 9.59 Å². The van der Waals surface area contributed by atoms with Crippen molar-refractivity contribution in [1.82, 2.24) is 0 Å². The topological polar surface area (TPSA) is 61.8 Å². The minimum atomic E-state index is -0.850. The van der Waals surface area contributed by atoms with Crippen molar-refractivity contribution in [2.75, 3.05) is 13.2 Å². The Hall–Kier alpha value is -1.62. The van der Waals surface area contributed by atoms with Crippen molar-refractivity contribution in [3.05, 3.63) is 24.3 Å². The molecule has 1 saturated heterocycles. The molecule has 1 aliphatic heterocycles. The molecule has 0 bridgehead atoms. The molecule has 19 heavy (non-hydrogen) atoms. The molecule has 0 N–H and O–H groups in total. The number of rotatable bonds is 4. The zero-order chi connectivity index (χ0) is 14.8. The summed E-state index contributed by atoms with van der Waals surface area (Å²) in [5.74, 6) is -0.784. The maximum atomic E-state index is 10.9. The average molecular weight is 268 g/mol. The van der Waals surface area contributed by atoms with Crippen molar-refractivity contribution >= 4 is 11.9 Å². The minimum Gasteiger partial charge on any atom is -0.462 e. The van der Waals surface area contributed by atoms with Gasteiger partial charge in [0.15, 0.2) is 0 Å². The molecule has 0 saturated carbocycles. The van der Waals surface area contributed by atoms with Crippen molar-refractivity contribution in [1.29, 1.82) is 0 Å². The normalized spacial score (nSPS) is 30.3. The van der Waals surface area contributed by atoms with E-state index in [-0.39, 0.29) is 13.2 Å². The summed E-state index contributed by atoms with van der Waals surface area (Å²) in [5, 5.41) is 0. The van der Waals surface area contributed by atoms with Crippen LogP contribution in [0, 0.1) is 0 Å². The highest BCUT2D eigenvalue weighted by atomic mass is 16.6. The molecule has 0 spiro atoms. The van der Waals surface area contributed by atoms with Crippen LogP contribution in [0.3, 0.4) is 0 Å². The van der Waals surface area contributed by atoms with E-state index in [2.05, 4.69) is 13.2 Å². The first kappa shape index (κ1) is 15.4. The molecule has 0 aromatic heterocycles. The van der Waals surface area contributed by atoms with Gasteiger partial charge in [-0.25, -0.2) is 0 Å². The number of esters is 2. The number of carbonyl (C=O) groups excluding carboxylic acids is 2. The van der Waals surface area contributed by atoms with Gasteiger partial charge in [-0.15, -0.1) is 0 Å². The lowest BCUT2D eigenvalue weighted by atomic mass is 9.89. The maximum Gasteiger partial charge on any atom is 0.302 e. The van der Waals surface area contributed by atoms with Crippen molar-refractivity contribution < 1.29 is 23.8 Å². The third-order valence-electron chi connectivity index (χ3n) is 3.19. The molecule has 0 aromatic carbocycles. The molecular formula is C14H20O5. The van der Waals surface area contributed by atoms with Crippen LogP contribution < -0.4 is 0 Å². The van der Waals surface area contributed by atoms with Crippen molar-refractivity contribution in [3.63, 3.8) is 0 Å². The Balaban J connectivity index is 2.85. The first-order valence-electron chi connectivity index (χ1n) is 5.97. The van der Waals surface area contributed by atoms with Gasteiger partial charge < -0.3 is 14.2 Å². The van der Waals surface area contributed by atoms with Gasteiger partial charge in [0.25, 0.3) is 0 Å². The Kier molecular flexibility index (Phi) is 4.20. The second-order valence-corrected chi connectivity index (χ2v) is 5.08. The van der Waals surface area contributed by atoms with Crippen LogP contribution in [0.15, 0.2) is 24.3 Å². The van der Waals surface area contributed by atoms with Gasteiger partial charge in [-0.2, -0.15) is 0 Å². The summed E-state index contributed by atoms with van der Waals surface area (Å²) >= 11 is 0. The molecule has 0 unspecified atom stereocenters. The van der Waals surface area contributed by atoms with E-state index in [1.54, 1.807) is 13.8 Å². The molecule has 0 aliphatic carbocycles. The van der Waals surface area contributed by atoms with E-state index in [1.807, 2.05) is 0 Å². The van der Waals surface area contributed by atoms with Crippen LogP contribution in [0.2, 0.25) is 0 Å². The van der Waals surface area contributed by atoms with Gasteiger partial charge in [-0.05, 0) is 25.0 Å². The summed E-state index contributed by atoms with van der Waals surface area (Å²) in [6, 6.07) is 0. The molecule has 1 rings (SSSR count). The van der Waals surface area contributed by atoms with Gasteiger partial charge in [-0.3, -0.25) is 9.59 Å². The lowest BCUT2D eigenvalue weighted by Gasteiger charge is -2.29. The number of hydrogen-bond donors (Lipinski definition) is 0. The Morgan fingerprint density at radius 3 is 1.58 bits per heavy atom. The fourth-order valence-electron chi connectivity index (χ4n) is 1.97. The number of hydrogen-bond acceptors (Lipinski definition) is 5. The average Bonchev–Trinajstić information content (AvgIpc) is 2.47. The highest BCUT2D eigenvalue weighted by Gasteiger charge is 2.50. The molecule has 1 heterocycles. The van der Waals surface area contributed by atoms with Gasteiger partial charge in [0.05, 0.1) is 0 Å². The Morgan fingerprint density at radius 1 is 1.00 bits per heavy atom. The number of ether oxygens (including phenoxy) is 3. The monoisotopic (exact) mass is 268 g/mol. The lowest BCUT2D eigenvalue weighted by molar-refractivity contribution is -0.163. The molecule has 0 aromatic rings. The third-order valence-corrected chi connectivity index (χ3v) is 3.19. The fraction of sp³-hybridized carbons (Fsp3) is 0.571. The second-order valence-electron chi connectivity index (χ2n) is 5.08. The van der Waals surface area contributed by atoms with Gasteiger partial charge in [0.1, 0.15) is 24.4 Å². The summed E-state index contributed by atoms with van der Waals surface area (Å²) < 4.78 is 15.9. The molecule has 1 fully saturated rings. The standard InChI is InChI=1S/C14H20O5/c1-9-10(2)14(6,8-18-12(4)16)19-13(9,5)7-17-11(3)15/h1-2,7-8H2,3-6H3/t13-,14+. The van der Waals surface area contributed by atoms with E-state index in [1.165, 1.54) is 13.8 Å². The molecule has 2 atom stereocenters. The van der Waals surface area contributed by atoms with E-state index in [0.29, 0.717) is 11.1 Å². The van der Waals surface area contributed by atoms with Crippen LogP contribution in [-0.4, -0.2) is 36.4 Å². The number of carbonyl (C=O) groups is 2. The van der Waals surface area contributed by atoms with Crippen LogP contribution in [0.5, 0.6) is 0 Å². The molecule has 1 aliphatic rings. The lowest BCUT2D eigenvalue weighted by Crippen LogP contribution is -2.39. The van der Waals surface area contributed by atoms with E-state index in [0.717, 1.165) is 0 Å². The Labute approximate surface area is 113 Å². The predicted molar refractivity (Wildman–Crippen MR) is 69.4 cm³/mol. The van der Waals surface area contributed by atoms with Crippen LogP contribution in [-0.2, 0) is 23.8 Å². The predicted octanol–water partition coefficient (Wildman–Crippen LogP) is 1.77. The SMILES string of the molecule is C=C1C(=C)[C@](C)(COC(C)=O)O[C@]1(C)COC(C)=O. The summed E-state index contributed by atoms with van der Waals surface area (Å²) in [6.45, 7) is 14.2. The van der Waals surface area contributed by atoms with Gasteiger partial charge >= 0.3 is 11.9 Å². The first-order chi connectivity index (χ1) is 8.61. The Morgan fingerprint density at radius 2 is 1.32 bits per heavy atom. The summed E-state index contributed by atoms with van der Waals surface area (Å²) in [5.41, 5.74) is -0.415. The van der Waals surface area contributed by atoms with E-state index in [4.69, 9.17) is 14.2 Å². The van der Waals surface area contributed by atoms with Crippen molar-refractivity contribution in [3.8, 4) is 0 Å².